The summed E-state index contributed by atoms with van der Waals surface area (Å²) in [6.07, 6.45) is 2.14. The number of ketones is 1. The zero-order valence-corrected chi connectivity index (χ0v) is 21.9. The van der Waals surface area contributed by atoms with Gasteiger partial charge in [-0.25, -0.2) is 4.98 Å². The SMILES string of the molecule is Cc1nnc(CC(=O)CC2CCC(CCN3CCc4nc(O[C@H](C)C(F)(F)F)sc4CC3)CC2)s1. The van der Waals surface area contributed by atoms with Crippen molar-refractivity contribution >= 4 is 28.5 Å². The van der Waals surface area contributed by atoms with Gasteiger partial charge in [0.1, 0.15) is 15.8 Å². The minimum atomic E-state index is -4.38. The standard InChI is InChI=1S/C24H33F3N4O2S2/c1-15(24(25,26)27)33-23-28-20-8-11-31(12-9-21(20)35-23)10-7-17-3-5-18(6-4-17)13-19(32)14-22-30-29-16(2)34-22/h15,17-18H,3-14H2,1-2H3/t15-,17?,18?/m1/s1. The van der Waals surface area contributed by atoms with Crippen LogP contribution in [0.4, 0.5) is 13.2 Å². The molecule has 6 nitrogen and oxygen atoms in total. The molecule has 2 aromatic heterocycles. The highest BCUT2D eigenvalue weighted by Crippen LogP contribution is 2.34. The first kappa shape index (κ1) is 26.5. The predicted octanol–water partition coefficient (Wildman–Crippen LogP) is 5.43. The number of ether oxygens (including phenoxy) is 1. The lowest BCUT2D eigenvalue weighted by Gasteiger charge is -2.30. The van der Waals surface area contributed by atoms with E-state index in [1.165, 1.54) is 35.5 Å². The molecule has 0 radical (unpaired) electrons. The molecular weight excluding hydrogens is 497 g/mol. The molecule has 1 fully saturated rings. The maximum Gasteiger partial charge on any atom is 0.425 e. The molecule has 194 valence electrons. The van der Waals surface area contributed by atoms with Gasteiger partial charge in [-0.2, -0.15) is 13.2 Å². The molecule has 1 saturated carbocycles. The summed E-state index contributed by atoms with van der Waals surface area (Å²) in [5.74, 6) is 1.47. The van der Waals surface area contributed by atoms with Gasteiger partial charge in [0, 0.05) is 30.8 Å². The van der Waals surface area contributed by atoms with Gasteiger partial charge in [0.05, 0.1) is 12.1 Å². The summed E-state index contributed by atoms with van der Waals surface area (Å²) in [6.45, 7) is 5.73. The molecule has 1 aliphatic carbocycles. The molecule has 0 spiro atoms. The number of carbonyl (C=O) groups excluding carboxylic acids is 1. The number of Topliss-reactive ketones (excluding diaryl/α,β-unsaturated/α-hetero) is 1. The largest absolute Gasteiger partial charge is 0.457 e. The Morgan fingerprint density at radius 2 is 1.83 bits per heavy atom. The van der Waals surface area contributed by atoms with E-state index in [1.807, 2.05) is 6.92 Å². The van der Waals surface area contributed by atoms with Crippen molar-refractivity contribution in [2.24, 2.45) is 11.8 Å². The molecule has 2 aromatic rings. The predicted molar refractivity (Wildman–Crippen MR) is 130 cm³/mol. The van der Waals surface area contributed by atoms with Crippen molar-refractivity contribution in [3.8, 4) is 5.19 Å². The molecule has 4 rings (SSSR count). The van der Waals surface area contributed by atoms with Crippen molar-refractivity contribution in [2.75, 3.05) is 19.6 Å². The van der Waals surface area contributed by atoms with Crippen LogP contribution in [0.2, 0.25) is 0 Å². The number of alkyl halides is 3. The molecule has 0 bridgehead atoms. The fraction of sp³-hybridized carbons (Fsp3) is 0.750. The first-order valence-electron chi connectivity index (χ1n) is 12.4. The minimum absolute atomic E-state index is 0.127. The molecule has 0 N–H and O–H groups in total. The van der Waals surface area contributed by atoms with E-state index in [2.05, 4.69) is 20.1 Å². The number of hydrogen-bond acceptors (Lipinski definition) is 8. The number of fused-ring (bicyclic) bond motifs is 1. The Balaban J connectivity index is 1.14. The Hall–Kier alpha value is -1.59. The molecule has 0 aromatic carbocycles. The highest BCUT2D eigenvalue weighted by atomic mass is 32.1. The van der Waals surface area contributed by atoms with Crippen molar-refractivity contribution in [3.63, 3.8) is 0 Å². The molecule has 1 atom stereocenters. The topological polar surface area (TPSA) is 68.2 Å². The van der Waals surface area contributed by atoms with Gasteiger partial charge >= 0.3 is 6.18 Å². The van der Waals surface area contributed by atoms with Gasteiger partial charge in [0.25, 0.3) is 5.19 Å². The van der Waals surface area contributed by atoms with E-state index in [-0.39, 0.29) is 11.0 Å². The summed E-state index contributed by atoms with van der Waals surface area (Å²) in [5, 5.41) is 9.90. The second-order valence-electron chi connectivity index (χ2n) is 9.80. The quantitative estimate of drug-likeness (QED) is 0.431. The smallest absolute Gasteiger partial charge is 0.425 e. The van der Waals surface area contributed by atoms with Gasteiger partial charge in [0.2, 0.25) is 0 Å². The van der Waals surface area contributed by atoms with Crippen LogP contribution < -0.4 is 4.74 Å². The number of nitrogens with zero attached hydrogens (tertiary/aromatic N) is 4. The van der Waals surface area contributed by atoms with E-state index >= 15 is 0 Å². The van der Waals surface area contributed by atoms with E-state index in [9.17, 15) is 18.0 Å². The molecule has 3 heterocycles. The lowest BCUT2D eigenvalue weighted by molar-refractivity contribution is -0.189. The van der Waals surface area contributed by atoms with Crippen LogP contribution in [-0.4, -0.2) is 57.8 Å². The highest BCUT2D eigenvalue weighted by Gasteiger charge is 2.39. The third kappa shape index (κ3) is 7.69. The fourth-order valence-corrected chi connectivity index (χ4v) is 6.69. The van der Waals surface area contributed by atoms with Gasteiger partial charge in [-0.3, -0.25) is 4.79 Å². The Morgan fingerprint density at radius 3 is 2.51 bits per heavy atom. The van der Waals surface area contributed by atoms with Gasteiger partial charge in [-0.1, -0.05) is 24.2 Å². The number of rotatable bonds is 9. The minimum Gasteiger partial charge on any atom is -0.457 e. The molecule has 0 amide bonds. The first-order chi connectivity index (χ1) is 16.7. The van der Waals surface area contributed by atoms with Crippen LogP contribution in [0.1, 0.15) is 66.0 Å². The van der Waals surface area contributed by atoms with Crippen LogP contribution in [0, 0.1) is 18.8 Å². The van der Waals surface area contributed by atoms with E-state index in [0.717, 1.165) is 79.2 Å². The maximum atomic E-state index is 12.8. The van der Waals surface area contributed by atoms with Gasteiger partial charge in [-0.15, -0.1) is 21.5 Å². The second kappa shape index (κ2) is 11.6. The third-order valence-corrected chi connectivity index (χ3v) is 8.96. The van der Waals surface area contributed by atoms with E-state index < -0.39 is 12.3 Å². The third-order valence-electron chi connectivity index (χ3n) is 7.07. The Bertz CT molecular complexity index is 960. The van der Waals surface area contributed by atoms with Crippen molar-refractivity contribution in [1.82, 2.24) is 20.1 Å². The molecule has 35 heavy (non-hydrogen) atoms. The highest BCUT2D eigenvalue weighted by molar-refractivity contribution is 7.13. The molecule has 0 saturated heterocycles. The summed E-state index contributed by atoms with van der Waals surface area (Å²) in [6, 6.07) is 0. The number of aromatic nitrogens is 3. The number of halogens is 3. The van der Waals surface area contributed by atoms with E-state index in [4.69, 9.17) is 4.74 Å². The molecule has 11 heteroatoms. The number of hydrogen-bond donors (Lipinski definition) is 0. The van der Waals surface area contributed by atoms with Gasteiger partial charge in [-0.05, 0) is 57.9 Å². The van der Waals surface area contributed by atoms with Crippen LogP contribution in [0.3, 0.4) is 0 Å². The summed E-state index contributed by atoms with van der Waals surface area (Å²) < 4.78 is 43.3. The molecule has 2 aliphatic rings. The number of carbonyl (C=O) groups is 1. The summed E-state index contributed by atoms with van der Waals surface area (Å²) in [7, 11) is 0. The van der Waals surface area contributed by atoms with E-state index in [0.29, 0.717) is 24.7 Å². The van der Waals surface area contributed by atoms with Crippen LogP contribution >= 0.6 is 22.7 Å². The van der Waals surface area contributed by atoms with Crippen LogP contribution in [0.5, 0.6) is 5.19 Å². The van der Waals surface area contributed by atoms with Crippen molar-refractivity contribution in [3.05, 3.63) is 20.6 Å². The van der Waals surface area contributed by atoms with Crippen molar-refractivity contribution in [1.29, 1.82) is 0 Å². The number of thiazole rings is 1. The van der Waals surface area contributed by atoms with E-state index in [1.54, 1.807) is 0 Å². The van der Waals surface area contributed by atoms with Crippen molar-refractivity contribution < 1.29 is 22.7 Å². The Kier molecular flexibility index (Phi) is 8.80. The average molecular weight is 531 g/mol. The van der Waals surface area contributed by atoms with Crippen LogP contribution in [0.15, 0.2) is 0 Å². The Labute approximate surface area is 212 Å². The van der Waals surface area contributed by atoms with Crippen LogP contribution in [0.25, 0.3) is 0 Å². The van der Waals surface area contributed by atoms with Gasteiger partial charge < -0.3 is 9.64 Å². The lowest BCUT2D eigenvalue weighted by atomic mass is 9.78. The van der Waals surface area contributed by atoms with Crippen molar-refractivity contribution in [2.45, 2.75) is 83.9 Å². The zero-order chi connectivity index (χ0) is 25.0. The molecular formula is C24H33F3N4O2S2. The zero-order valence-electron chi connectivity index (χ0n) is 20.3. The Morgan fingerprint density at radius 1 is 1.11 bits per heavy atom. The molecule has 0 unspecified atom stereocenters. The second-order valence-corrected chi connectivity index (χ2v) is 12.1. The fourth-order valence-electron chi connectivity index (χ4n) is 4.94. The average Bonchev–Trinajstić information content (AvgIpc) is 3.33. The van der Waals surface area contributed by atoms with Gasteiger partial charge in [0.15, 0.2) is 6.10 Å². The summed E-state index contributed by atoms with van der Waals surface area (Å²) in [4.78, 5) is 20.2. The maximum absolute atomic E-state index is 12.8. The molecule has 1 aliphatic heterocycles. The number of aryl methyl sites for hydroxylation is 1. The lowest BCUT2D eigenvalue weighted by Crippen LogP contribution is -2.31. The monoisotopic (exact) mass is 530 g/mol. The van der Waals surface area contributed by atoms with Crippen LogP contribution in [-0.2, 0) is 24.1 Å². The summed E-state index contributed by atoms with van der Waals surface area (Å²) >= 11 is 2.76. The first-order valence-corrected chi connectivity index (χ1v) is 14.0. The summed E-state index contributed by atoms with van der Waals surface area (Å²) in [5.41, 5.74) is 0.885. The normalized spacial score (nSPS) is 22.4.